The molecule has 0 aromatic heterocycles. The van der Waals surface area contributed by atoms with Crippen molar-refractivity contribution in [2.75, 3.05) is 52.5 Å². The van der Waals surface area contributed by atoms with E-state index in [1.165, 1.54) is 5.56 Å². The van der Waals surface area contributed by atoms with E-state index in [0.717, 1.165) is 38.3 Å². The second-order valence-electron chi connectivity index (χ2n) is 6.02. The first-order valence-electron chi connectivity index (χ1n) is 8.04. The molecular formula is C17H30Cl2N2O3. The van der Waals surface area contributed by atoms with Gasteiger partial charge in [0.05, 0.1) is 25.9 Å². The van der Waals surface area contributed by atoms with E-state index in [9.17, 15) is 5.11 Å². The second-order valence-corrected chi connectivity index (χ2v) is 6.02. The first kappa shape index (κ1) is 23.6. The average molecular weight is 381 g/mol. The van der Waals surface area contributed by atoms with Crippen LogP contribution < -0.4 is 0 Å². The number of hydrogen-bond acceptors (Lipinski definition) is 5. The molecule has 2 rings (SSSR count). The largest absolute Gasteiger partial charge is 0.395 e. The van der Waals surface area contributed by atoms with Crippen molar-refractivity contribution in [3.05, 3.63) is 35.4 Å². The Bertz CT molecular complexity index is 426. The minimum atomic E-state index is -0.449. The van der Waals surface area contributed by atoms with Crippen LogP contribution in [-0.2, 0) is 11.3 Å². The topological polar surface area (TPSA) is 56.2 Å². The Hall–Kier alpha value is -0.400. The quantitative estimate of drug-likeness (QED) is 0.712. The van der Waals surface area contributed by atoms with Gasteiger partial charge < -0.3 is 14.9 Å². The zero-order valence-corrected chi connectivity index (χ0v) is 15.9. The summed E-state index contributed by atoms with van der Waals surface area (Å²) < 4.78 is 5.60. The van der Waals surface area contributed by atoms with Crippen molar-refractivity contribution in [1.82, 2.24) is 9.80 Å². The molecule has 1 aliphatic rings. The Morgan fingerprint density at radius 2 is 1.62 bits per heavy atom. The summed E-state index contributed by atoms with van der Waals surface area (Å²) in [6, 6.07) is 8.26. The maximum absolute atomic E-state index is 10.1. The molecule has 1 unspecified atom stereocenters. The normalized spacial score (nSPS) is 17.0. The Labute approximate surface area is 157 Å². The smallest absolute Gasteiger partial charge is 0.0900 e. The summed E-state index contributed by atoms with van der Waals surface area (Å²) in [6.07, 6.45) is -0.449. The number of ether oxygens (including phenoxy) is 1. The van der Waals surface area contributed by atoms with Crippen LogP contribution in [0.2, 0.25) is 0 Å². The fourth-order valence-electron chi connectivity index (χ4n) is 2.68. The Morgan fingerprint density at radius 1 is 1.04 bits per heavy atom. The van der Waals surface area contributed by atoms with Gasteiger partial charge in [-0.2, -0.15) is 0 Å². The molecule has 2 N–H and O–H groups in total. The molecule has 0 spiro atoms. The molecule has 24 heavy (non-hydrogen) atoms. The van der Waals surface area contributed by atoms with Crippen molar-refractivity contribution in [2.45, 2.75) is 19.6 Å². The van der Waals surface area contributed by atoms with E-state index in [1.807, 2.05) is 0 Å². The highest BCUT2D eigenvalue weighted by Gasteiger charge is 2.18. The summed E-state index contributed by atoms with van der Waals surface area (Å²) in [5, 5.41) is 19.0. The third-order valence-electron chi connectivity index (χ3n) is 4.05. The van der Waals surface area contributed by atoms with Crippen LogP contribution in [-0.4, -0.2) is 78.6 Å². The van der Waals surface area contributed by atoms with Crippen molar-refractivity contribution >= 4 is 24.8 Å². The van der Waals surface area contributed by atoms with Gasteiger partial charge in [0, 0.05) is 39.3 Å². The van der Waals surface area contributed by atoms with Crippen LogP contribution in [0.3, 0.4) is 0 Å². The van der Waals surface area contributed by atoms with Crippen LogP contribution in [0.4, 0.5) is 0 Å². The lowest BCUT2D eigenvalue weighted by Gasteiger charge is -2.35. The minimum Gasteiger partial charge on any atom is -0.395 e. The van der Waals surface area contributed by atoms with Crippen LogP contribution >= 0.6 is 24.8 Å². The number of aryl methyl sites for hydroxylation is 1. The van der Waals surface area contributed by atoms with Gasteiger partial charge in [-0.3, -0.25) is 9.80 Å². The highest BCUT2D eigenvalue weighted by Crippen LogP contribution is 2.06. The van der Waals surface area contributed by atoms with Crippen LogP contribution in [0.15, 0.2) is 24.3 Å². The lowest BCUT2D eigenvalue weighted by Crippen LogP contribution is -2.49. The molecule has 1 saturated heterocycles. The van der Waals surface area contributed by atoms with Crippen LogP contribution in [0, 0.1) is 6.92 Å². The van der Waals surface area contributed by atoms with Gasteiger partial charge >= 0.3 is 0 Å². The summed E-state index contributed by atoms with van der Waals surface area (Å²) >= 11 is 0. The van der Waals surface area contributed by atoms with Crippen LogP contribution in [0.1, 0.15) is 11.1 Å². The molecule has 1 atom stereocenters. The van der Waals surface area contributed by atoms with Crippen LogP contribution in [0.25, 0.3) is 0 Å². The monoisotopic (exact) mass is 380 g/mol. The summed E-state index contributed by atoms with van der Waals surface area (Å²) in [6.45, 7) is 8.38. The van der Waals surface area contributed by atoms with Crippen molar-refractivity contribution in [3.63, 3.8) is 0 Å². The third kappa shape index (κ3) is 8.62. The molecule has 7 heteroatoms. The maximum Gasteiger partial charge on any atom is 0.0900 e. The van der Waals surface area contributed by atoms with Gasteiger partial charge in [0.1, 0.15) is 0 Å². The zero-order chi connectivity index (χ0) is 15.8. The molecule has 1 aliphatic heterocycles. The number of nitrogens with zero attached hydrogens (tertiary/aromatic N) is 2. The molecule has 1 heterocycles. The molecule has 0 aliphatic carbocycles. The second kappa shape index (κ2) is 12.9. The van der Waals surface area contributed by atoms with E-state index in [0.29, 0.717) is 19.8 Å². The molecule has 1 aromatic rings. The highest BCUT2D eigenvalue weighted by molar-refractivity contribution is 5.85. The number of aliphatic hydroxyl groups is 2. The zero-order valence-electron chi connectivity index (χ0n) is 14.3. The van der Waals surface area contributed by atoms with Crippen molar-refractivity contribution < 1.29 is 14.9 Å². The standard InChI is InChI=1S/C17H28N2O3.2ClH/c1-15-2-4-16(5-3-15)13-22-14-17(21)12-19-8-6-18(7-9-19)10-11-20;;/h2-5,17,20-21H,6-14H2,1H3;2*1H. The van der Waals surface area contributed by atoms with E-state index in [-0.39, 0.29) is 31.4 Å². The summed E-state index contributed by atoms with van der Waals surface area (Å²) in [5.41, 5.74) is 2.37. The van der Waals surface area contributed by atoms with Gasteiger partial charge in [0.25, 0.3) is 0 Å². The summed E-state index contributed by atoms with van der Waals surface area (Å²) in [4.78, 5) is 4.50. The number of aliphatic hydroxyl groups excluding tert-OH is 2. The minimum absolute atomic E-state index is 0. The Morgan fingerprint density at radius 3 is 2.21 bits per heavy atom. The van der Waals surface area contributed by atoms with Crippen LogP contribution in [0.5, 0.6) is 0 Å². The molecule has 140 valence electrons. The summed E-state index contributed by atoms with van der Waals surface area (Å²) in [7, 11) is 0. The van der Waals surface area contributed by atoms with Gasteiger partial charge in [-0.25, -0.2) is 0 Å². The first-order chi connectivity index (χ1) is 10.7. The average Bonchev–Trinajstić information content (AvgIpc) is 2.51. The Balaban J connectivity index is 0.00000264. The number of rotatable bonds is 8. The lowest BCUT2D eigenvalue weighted by molar-refractivity contribution is 0.000518. The van der Waals surface area contributed by atoms with E-state index >= 15 is 0 Å². The third-order valence-corrected chi connectivity index (χ3v) is 4.05. The molecule has 1 fully saturated rings. The van der Waals surface area contributed by atoms with Gasteiger partial charge in [-0.1, -0.05) is 29.8 Å². The summed E-state index contributed by atoms with van der Waals surface area (Å²) in [5.74, 6) is 0. The van der Waals surface area contributed by atoms with Gasteiger partial charge in [-0.05, 0) is 12.5 Å². The molecule has 0 saturated carbocycles. The molecule has 5 nitrogen and oxygen atoms in total. The fraction of sp³-hybridized carbons (Fsp3) is 0.647. The maximum atomic E-state index is 10.1. The first-order valence-corrected chi connectivity index (χ1v) is 8.04. The van der Waals surface area contributed by atoms with E-state index in [4.69, 9.17) is 9.84 Å². The van der Waals surface area contributed by atoms with Crippen molar-refractivity contribution in [3.8, 4) is 0 Å². The lowest BCUT2D eigenvalue weighted by atomic mass is 10.2. The Kier molecular flexibility index (Phi) is 12.7. The van der Waals surface area contributed by atoms with Gasteiger partial charge in [0.15, 0.2) is 0 Å². The fourth-order valence-corrected chi connectivity index (χ4v) is 2.68. The number of hydrogen-bond donors (Lipinski definition) is 2. The van der Waals surface area contributed by atoms with E-state index < -0.39 is 6.10 Å². The predicted molar refractivity (Wildman–Crippen MR) is 101 cm³/mol. The van der Waals surface area contributed by atoms with E-state index in [1.54, 1.807) is 0 Å². The number of halogens is 2. The molecule has 0 amide bonds. The predicted octanol–water partition coefficient (Wildman–Crippen LogP) is 1.33. The molecule has 0 bridgehead atoms. The molecule has 0 radical (unpaired) electrons. The van der Waals surface area contributed by atoms with Gasteiger partial charge in [0.2, 0.25) is 0 Å². The molecule has 1 aromatic carbocycles. The van der Waals surface area contributed by atoms with Gasteiger partial charge in [-0.15, -0.1) is 24.8 Å². The SMILES string of the molecule is Cc1ccc(COCC(O)CN2CCN(CCO)CC2)cc1.Cl.Cl. The van der Waals surface area contributed by atoms with Crippen molar-refractivity contribution in [1.29, 1.82) is 0 Å². The highest BCUT2D eigenvalue weighted by atomic mass is 35.5. The molecular weight excluding hydrogens is 351 g/mol. The van der Waals surface area contributed by atoms with E-state index in [2.05, 4.69) is 41.0 Å². The number of piperazine rings is 1. The van der Waals surface area contributed by atoms with Crippen molar-refractivity contribution in [2.24, 2.45) is 0 Å². The number of benzene rings is 1. The number of β-amino-alcohol motifs (C(OH)–C–C–N with tert-alkyl or cyclic N) is 2.